The summed E-state index contributed by atoms with van der Waals surface area (Å²) in [4.78, 5) is 10.9. The van der Waals surface area contributed by atoms with Gasteiger partial charge in [0, 0.05) is 19.2 Å². The van der Waals surface area contributed by atoms with E-state index in [1.165, 1.54) is 12.8 Å². The Labute approximate surface area is 119 Å². The van der Waals surface area contributed by atoms with Crippen molar-refractivity contribution in [2.75, 3.05) is 13.2 Å². The fraction of sp³-hybridized carbons (Fsp3) is 0.933. The quantitative estimate of drug-likeness (QED) is 0.705. The maximum absolute atomic E-state index is 10.9. The summed E-state index contributed by atoms with van der Waals surface area (Å²) in [5, 5.41) is 23.1. The molecule has 0 radical (unpaired) electrons. The Hall–Kier alpha value is -0.650. The highest BCUT2D eigenvalue weighted by Gasteiger charge is 2.42. The van der Waals surface area contributed by atoms with Gasteiger partial charge in [-0.2, -0.15) is 0 Å². The standard InChI is InChI=1S/C15H25NO4/c17-14(18)11-3-6-15(19,7-4-11)9-16-12-5-8-20-13(12)10-1-2-10/h10-13,16,19H,1-9H2,(H,17,18). The number of hydrogen-bond acceptors (Lipinski definition) is 4. The van der Waals surface area contributed by atoms with Crippen molar-refractivity contribution >= 4 is 5.97 Å². The molecule has 2 unspecified atom stereocenters. The van der Waals surface area contributed by atoms with Crippen molar-refractivity contribution in [1.29, 1.82) is 0 Å². The van der Waals surface area contributed by atoms with E-state index in [0.717, 1.165) is 13.0 Å². The van der Waals surface area contributed by atoms with Gasteiger partial charge in [0.15, 0.2) is 0 Å². The first kappa shape index (κ1) is 14.3. The second-order valence-electron chi connectivity index (χ2n) is 6.79. The van der Waals surface area contributed by atoms with E-state index in [2.05, 4.69) is 5.32 Å². The molecule has 114 valence electrons. The molecule has 3 N–H and O–H groups in total. The van der Waals surface area contributed by atoms with E-state index >= 15 is 0 Å². The van der Waals surface area contributed by atoms with E-state index in [1.807, 2.05) is 0 Å². The Morgan fingerprint density at radius 3 is 2.50 bits per heavy atom. The van der Waals surface area contributed by atoms with Crippen LogP contribution in [-0.4, -0.2) is 47.1 Å². The Balaban J connectivity index is 1.47. The highest BCUT2D eigenvalue weighted by Crippen LogP contribution is 2.39. The zero-order valence-corrected chi connectivity index (χ0v) is 11.9. The van der Waals surface area contributed by atoms with Gasteiger partial charge in [0.2, 0.25) is 0 Å². The molecule has 0 spiro atoms. The number of carboxylic acids is 1. The number of carboxylic acid groups (broad SMARTS) is 1. The summed E-state index contributed by atoms with van der Waals surface area (Å²) in [7, 11) is 0. The summed E-state index contributed by atoms with van der Waals surface area (Å²) >= 11 is 0. The summed E-state index contributed by atoms with van der Waals surface area (Å²) < 4.78 is 5.79. The zero-order chi connectivity index (χ0) is 14.2. The molecule has 3 rings (SSSR count). The number of hydrogen-bond donors (Lipinski definition) is 3. The third-order valence-electron chi connectivity index (χ3n) is 5.18. The second-order valence-corrected chi connectivity index (χ2v) is 6.79. The first-order valence-corrected chi connectivity index (χ1v) is 7.88. The number of ether oxygens (including phenoxy) is 1. The van der Waals surface area contributed by atoms with Gasteiger partial charge in [-0.15, -0.1) is 0 Å². The normalized spacial score (nSPS) is 41.8. The lowest BCUT2D eigenvalue weighted by Gasteiger charge is -2.36. The Morgan fingerprint density at radius 2 is 1.90 bits per heavy atom. The second kappa shape index (κ2) is 5.62. The van der Waals surface area contributed by atoms with Crippen LogP contribution >= 0.6 is 0 Å². The van der Waals surface area contributed by atoms with Crippen LogP contribution in [0.1, 0.15) is 44.9 Å². The molecule has 0 amide bonds. The molecule has 0 aromatic rings. The van der Waals surface area contributed by atoms with E-state index in [0.29, 0.717) is 50.3 Å². The van der Waals surface area contributed by atoms with Crippen molar-refractivity contribution < 1.29 is 19.7 Å². The minimum Gasteiger partial charge on any atom is -0.481 e. The number of carbonyl (C=O) groups is 1. The van der Waals surface area contributed by atoms with E-state index in [1.54, 1.807) is 0 Å². The van der Waals surface area contributed by atoms with Gasteiger partial charge in [0.25, 0.3) is 0 Å². The predicted molar refractivity (Wildman–Crippen MR) is 73.4 cm³/mol. The average molecular weight is 283 g/mol. The van der Waals surface area contributed by atoms with Gasteiger partial charge in [-0.25, -0.2) is 0 Å². The average Bonchev–Trinajstić information content (AvgIpc) is 3.16. The highest BCUT2D eigenvalue weighted by molar-refractivity contribution is 5.70. The van der Waals surface area contributed by atoms with Crippen LogP contribution in [-0.2, 0) is 9.53 Å². The van der Waals surface area contributed by atoms with Crippen LogP contribution in [0.15, 0.2) is 0 Å². The molecule has 2 saturated carbocycles. The van der Waals surface area contributed by atoms with Gasteiger partial charge in [0.05, 0.1) is 17.6 Å². The van der Waals surface area contributed by atoms with Crippen LogP contribution in [0.3, 0.4) is 0 Å². The fourth-order valence-electron chi connectivity index (χ4n) is 3.62. The molecular formula is C15H25NO4. The van der Waals surface area contributed by atoms with Crippen LogP contribution in [0.25, 0.3) is 0 Å². The molecule has 2 aliphatic carbocycles. The highest BCUT2D eigenvalue weighted by atomic mass is 16.5. The minimum absolute atomic E-state index is 0.274. The molecule has 1 heterocycles. The summed E-state index contributed by atoms with van der Waals surface area (Å²) in [5.74, 6) is -0.283. The fourth-order valence-corrected chi connectivity index (χ4v) is 3.62. The van der Waals surface area contributed by atoms with Gasteiger partial charge in [-0.05, 0) is 50.9 Å². The number of nitrogens with one attached hydrogen (secondary N) is 1. The van der Waals surface area contributed by atoms with Gasteiger partial charge in [-0.1, -0.05) is 0 Å². The molecule has 0 aromatic heterocycles. The van der Waals surface area contributed by atoms with Gasteiger partial charge in [-0.3, -0.25) is 4.79 Å². The number of aliphatic carboxylic acids is 1. The van der Waals surface area contributed by atoms with Crippen molar-refractivity contribution in [3.05, 3.63) is 0 Å². The summed E-state index contributed by atoms with van der Waals surface area (Å²) in [6.45, 7) is 1.38. The van der Waals surface area contributed by atoms with Gasteiger partial charge < -0.3 is 20.3 Å². The molecule has 1 saturated heterocycles. The number of rotatable bonds is 5. The Kier molecular flexibility index (Phi) is 4.02. The first-order chi connectivity index (χ1) is 9.57. The van der Waals surface area contributed by atoms with Crippen LogP contribution in [0.4, 0.5) is 0 Å². The van der Waals surface area contributed by atoms with Gasteiger partial charge in [0.1, 0.15) is 0 Å². The maximum Gasteiger partial charge on any atom is 0.306 e. The predicted octanol–water partition coefficient (Wildman–Crippen LogP) is 1.15. The molecule has 0 aromatic carbocycles. The van der Waals surface area contributed by atoms with Crippen LogP contribution in [0.2, 0.25) is 0 Å². The molecule has 3 fully saturated rings. The van der Waals surface area contributed by atoms with E-state index in [-0.39, 0.29) is 5.92 Å². The number of aliphatic hydroxyl groups is 1. The van der Waals surface area contributed by atoms with Crippen molar-refractivity contribution in [2.45, 2.75) is 62.7 Å². The van der Waals surface area contributed by atoms with E-state index < -0.39 is 11.6 Å². The topological polar surface area (TPSA) is 78.8 Å². The van der Waals surface area contributed by atoms with E-state index in [4.69, 9.17) is 9.84 Å². The van der Waals surface area contributed by atoms with Crippen LogP contribution < -0.4 is 5.32 Å². The zero-order valence-electron chi connectivity index (χ0n) is 11.9. The summed E-state index contributed by atoms with van der Waals surface area (Å²) in [6.07, 6.45) is 6.23. The van der Waals surface area contributed by atoms with Crippen molar-refractivity contribution in [3.8, 4) is 0 Å². The van der Waals surface area contributed by atoms with Crippen molar-refractivity contribution in [3.63, 3.8) is 0 Å². The molecular weight excluding hydrogens is 258 g/mol. The SMILES string of the molecule is O=C(O)C1CCC(O)(CNC2CCOC2C2CC2)CC1. The largest absolute Gasteiger partial charge is 0.481 e. The molecule has 3 aliphatic rings. The molecule has 1 aliphatic heterocycles. The van der Waals surface area contributed by atoms with Crippen molar-refractivity contribution in [2.24, 2.45) is 11.8 Å². The molecule has 2 atom stereocenters. The van der Waals surface area contributed by atoms with Crippen molar-refractivity contribution in [1.82, 2.24) is 5.32 Å². The minimum atomic E-state index is -0.733. The summed E-state index contributed by atoms with van der Waals surface area (Å²) in [6, 6.07) is 0.365. The molecule has 5 heteroatoms. The Morgan fingerprint density at radius 1 is 1.20 bits per heavy atom. The third kappa shape index (κ3) is 3.15. The lowest BCUT2D eigenvalue weighted by molar-refractivity contribution is -0.144. The van der Waals surface area contributed by atoms with Crippen LogP contribution in [0, 0.1) is 11.8 Å². The third-order valence-corrected chi connectivity index (χ3v) is 5.18. The summed E-state index contributed by atoms with van der Waals surface area (Å²) in [5.41, 5.74) is -0.733. The molecule has 0 bridgehead atoms. The smallest absolute Gasteiger partial charge is 0.306 e. The first-order valence-electron chi connectivity index (χ1n) is 7.88. The maximum atomic E-state index is 10.9. The van der Waals surface area contributed by atoms with E-state index in [9.17, 15) is 9.90 Å². The molecule has 20 heavy (non-hydrogen) atoms. The molecule has 5 nitrogen and oxygen atoms in total. The Bertz CT molecular complexity index is 361. The van der Waals surface area contributed by atoms with Gasteiger partial charge >= 0.3 is 5.97 Å². The lowest BCUT2D eigenvalue weighted by atomic mass is 9.78. The van der Waals surface area contributed by atoms with Crippen LogP contribution in [0.5, 0.6) is 0 Å². The lowest BCUT2D eigenvalue weighted by Crippen LogP contribution is -2.49. The monoisotopic (exact) mass is 283 g/mol.